The minimum absolute atomic E-state index is 0.252. The van der Waals surface area contributed by atoms with Crippen molar-refractivity contribution in [3.63, 3.8) is 0 Å². The average Bonchev–Trinajstić information content (AvgIpc) is 3.28. The summed E-state index contributed by atoms with van der Waals surface area (Å²) in [6.45, 7) is 0. The molecule has 4 nitrogen and oxygen atoms in total. The standard InChI is InChI=1S/C23H20N2O2S/c24-21(26)20-17-12-7-13-19(17)28-23(20)25-22(27)18(16-10-5-2-6-11-16)14-15-8-3-1-4-9-15/h1-6,8-11,14H,7,12-13H2,(H2,24,26)(H,25,27)/b18-14+. The van der Waals surface area contributed by atoms with Crippen molar-refractivity contribution >= 4 is 39.8 Å². The zero-order chi connectivity index (χ0) is 19.5. The molecule has 1 aromatic heterocycles. The Labute approximate surface area is 167 Å². The van der Waals surface area contributed by atoms with Crippen molar-refractivity contribution in [2.24, 2.45) is 5.73 Å². The molecule has 1 aliphatic rings. The van der Waals surface area contributed by atoms with E-state index in [-0.39, 0.29) is 5.91 Å². The Bertz CT molecular complexity index is 1050. The SMILES string of the molecule is NC(=O)c1c(NC(=O)/C(=C/c2ccccc2)c2ccccc2)sc2c1CCC2. The molecule has 3 N–H and O–H groups in total. The van der Waals surface area contributed by atoms with Crippen molar-refractivity contribution in [1.82, 2.24) is 0 Å². The summed E-state index contributed by atoms with van der Waals surface area (Å²) in [5.74, 6) is -0.736. The Morgan fingerprint density at radius 2 is 1.64 bits per heavy atom. The van der Waals surface area contributed by atoms with Gasteiger partial charge >= 0.3 is 0 Å². The van der Waals surface area contributed by atoms with Crippen LogP contribution in [0.2, 0.25) is 0 Å². The summed E-state index contributed by atoms with van der Waals surface area (Å²) >= 11 is 1.46. The quantitative estimate of drug-likeness (QED) is 0.498. The molecule has 3 aromatic rings. The lowest BCUT2D eigenvalue weighted by molar-refractivity contribution is -0.111. The largest absolute Gasteiger partial charge is 0.365 e. The van der Waals surface area contributed by atoms with Crippen molar-refractivity contribution in [1.29, 1.82) is 0 Å². The third-order valence-corrected chi connectivity index (χ3v) is 6.04. The summed E-state index contributed by atoms with van der Waals surface area (Å²) in [5.41, 5.74) is 9.37. The molecule has 1 heterocycles. The lowest BCUT2D eigenvalue weighted by atomic mass is 10.0. The van der Waals surface area contributed by atoms with Gasteiger partial charge in [-0.1, -0.05) is 60.7 Å². The summed E-state index contributed by atoms with van der Waals surface area (Å²) < 4.78 is 0. The molecule has 5 heteroatoms. The van der Waals surface area contributed by atoms with Gasteiger partial charge in [0.2, 0.25) is 0 Å². The molecule has 1 aliphatic carbocycles. The Kier molecular flexibility index (Phi) is 5.08. The Balaban J connectivity index is 1.72. The first-order chi connectivity index (χ1) is 13.6. The fourth-order valence-corrected chi connectivity index (χ4v) is 4.83. The number of benzene rings is 2. The highest BCUT2D eigenvalue weighted by molar-refractivity contribution is 7.17. The molecule has 0 spiro atoms. The van der Waals surface area contributed by atoms with Crippen molar-refractivity contribution < 1.29 is 9.59 Å². The van der Waals surface area contributed by atoms with Crippen LogP contribution in [0.3, 0.4) is 0 Å². The summed E-state index contributed by atoms with van der Waals surface area (Å²) in [7, 11) is 0. The molecule has 0 atom stereocenters. The van der Waals surface area contributed by atoms with Crippen molar-refractivity contribution in [3.05, 3.63) is 87.8 Å². The molecule has 0 unspecified atom stereocenters. The van der Waals surface area contributed by atoms with Crippen molar-refractivity contribution in [2.45, 2.75) is 19.3 Å². The highest BCUT2D eigenvalue weighted by Crippen LogP contribution is 2.39. The molecule has 0 saturated heterocycles. The van der Waals surface area contributed by atoms with E-state index in [4.69, 9.17) is 5.73 Å². The highest BCUT2D eigenvalue weighted by Gasteiger charge is 2.26. The van der Waals surface area contributed by atoms with Crippen LogP contribution in [0.15, 0.2) is 60.7 Å². The summed E-state index contributed by atoms with van der Waals surface area (Å²) in [5, 5.41) is 3.50. The fraction of sp³-hybridized carbons (Fsp3) is 0.130. The van der Waals surface area contributed by atoms with Gasteiger partial charge in [0.1, 0.15) is 5.00 Å². The van der Waals surface area contributed by atoms with E-state index in [2.05, 4.69) is 5.32 Å². The molecule has 28 heavy (non-hydrogen) atoms. The van der Waals surface area contributed by atoms with Crippen LogP contribution >= 0.6 is 11.3 Å². The first-order valence-corrected chi connectivity index (χ1v) is 10.0. The second-order valence-electron chi connectivity index (χ2n) is 6.71. The zero-order valence-electron chi connectivity index (χ0n) is 15.3. The van der Waals surface area contributed by atoms with E-state index in [1.54, 1.807) is 0 Å². The minimum Gasteiger partial charge on any atom is -0.365 e. The maximum absolute atomic E-state index is 13.2. The van der Waals surface area contributed by atoms with E-state index in [0.717, 1.165) is 40.8 Å². The number of thiophene rings is 1. The number of rotatable bonds is 5. The molecule has 2 aromatic carbocycles. The van der Waals surface area contributed by atoms with Crippen LogP contribution in [0.4, 0.5) is 5.00 Å². The summed E-state index contributed by atoms with van der Waals surface area (Å²) in [6, 6.07) is 19.2. The number of hydrogen-bond acceptors (Lipinski definition) is 3. The minimum atomic E-state index is -0.483. The molecule has 4 rings (SSSR count). The number of nitrogens with two attached hydrogens (primary N) is 1. The van der Waals surface area contributed by atoms with E-state index in [1.807, 2.05) is 66.7 Å². The number of carbonyl (C=O) groups excluding carboxylic acids is 2. The maximum atomic E-state index is 13.2. The number of primary amides is 1. The number of anilines is 1. The number of carbonyl (C=O) groups is 2. The molecule has 0 radical (unpaired) electrons. The van der Waals surface area contributed by atoms with E-state index < -0.39 is 5.91 Å². The number of fused-ring (bicyclic) bond motifs is 1. The number of hydrogen-bond donors (Lipinski definition) is 2. The summed E-state index contributed by atoms with van der Waals surface area (Å²) in [6.07, 6.45) is 4.65. The van der Waals surface area contributed by atoms with Gasteiger partial charge in [-0.15, -0.1) is 11.3 Å². The van der Waals surface area contributed by atoms with Crippen LogP contribution in [0.5, 0.6) is 0 Å². The van der Waals surface area contributed by atoms with Crippen molar-refractivity contribution in [2.75, 3.05) is 5.32 Å². The van der Waals surface area contributed by atoms with Gasteiger partial charge in [-0.25, -0.2) is 0 Å². The first-order valence-electron chi connectivity index (χ1n) is 9.21. The van der Waals surface area contributed by atoms with Gasteiger partial charge in [-0.3, -0.25) is 9.59 Å². The maximum Gasteiger partial charge on any atom is 0.256 e. The van der Waals surface area contributed by atoms with E-state index in [9.17, 15) is 9.59 Å². The van der Waals surface area contributed by atoms with Gasteiger partial charge in [0.05, 0.1) is 5.56 Å². The van der Waals surface area contributed by atoms with Gasteiger partial charge in [-0.2, -0.15) is 0 Å². The average molecular weight is 388 g/mol. The predicted molar refractivity (Wildman–Crippen MR) is 114 cm³/mol. The number of amides is 2. The van der Waals surface area contributed by atoms with Gasteiger partial charge in [0, 0.05) is 10.5 Å². The van der Waals surface area contributed by atoms with Gasteiger partial charge in [0.25, 0.3) is 11.8 Å². The second-order valence-corrected chi connectivity index (χ2v) is 7.82. The smallest absolute Gasteiger partial charge is 0.256 e. The number of aryl methyl sites for hydroxylation is 1. The Morgan fingerprint density at radius 3 is 2.32 bits per heavy atom. The predicted octanol–water partition coefficient (Wildman–Crippen LogP) is 4.52. The zero-order valence-corrected chi connectivity index (χ0v) is 16.1. The Hall–Kier alpha value is -3.18. The third kappa shape index (κ3) is 3.62. The second kappa shape index (κ2) is 7.82. The Morgan fingerprint density at radius 1 is 0.964 bits per heavy atom. The van der Waals surface area contributed by atoms with E-state index in [0.29, 0.717) is 16.1 Å². The van der Waals surface area contributed by atoms with Crippen LogP contribution in [-0.4, -0.2) is 11.8 Å². The molecule has 0 bridgehead atoms. The monoisotopic (exact) mass is 388 g/mol. The number of nitrogens with one attached hydrogen (secondary N) is 1. The molecular weight excluding hydrogens is 368 g/mol. The van der Waals surface area contributed by atoms with Gasteiger partial charge < -0.3 is 11.1 Å². The van der Waals surface area contributed by atoms with Crippen LogP contribution in [0.25, 0.3) is 11.6 Å². The highest BCUT2D eigenvalue weighted by atomic mass is 32.1. The van der Waals surface area contributed by atoms with Crippen LogP contribution in [-0.2, 0) is 17.6 Å². The molecule has 140 valence electrons. The lowest BCUT2D eigenvalue weighted by Crippen LogP contribution is -2.18. The van der Waals surface area contributed by atoms with Crippen molar-refractivity contribution in [3.8, 4) is 0 Å². The molecular formula is C23H20N2O2S. The van der Waals surface area contributed by atoms with Crippen LogP contribution < -0.4 is 11.1 Å². The molecule has 0 aliphatic heterocycles. The third-order valence-electron chi connectivity index (χ3n) is 4.83. The molecule has 2 amide bonds. The topological polar surface area (TPSA) is 72.2 Å². The first kappa shape index (κ1) is 18.2. The van der Waals surface area contributed by atoms with E-state index in [1.165, 1.54) is 11.3 Å². The van der Waals surface area contributed by atoms with Gasteiger partial charge in [0.15, 0.2) is 0 Å². The van der Waals surface area contributed by atoms with Crippen LogP contribution in [0, 0.1) is 0 Å². The van der Waals surface area contributed by atoms with Gasteiger partial charge in [-0.05, 0) is 42.0 Å². The lowest BCUT2D eigenvalue weighted by Gasteiger charge is -2.10. The normalized spacial score (nSPS) is 13.2. The summed E-state index contributed by atoms with van der Waals surface area (Å²) in [4.78, 5) is 26.4. The molecule has 0 fully saturated rings. The molecule has 0 saturated carbocycles. The van der Waals surface area contributed by atoms with Crippen LogP contribution in [0.1, 0.15) is 38.3 Å². The van der Waals surface area contributed by atoms with E-state index >= 15 is 0 Å². The fourth-order valence-electron chi connectivity index (χ4n) is 3.54.